The van der Waals surface area contributed by atoms with Gasteiger partial charge in [0.25, 0.3) is 0 Å². The highest BCUT2D eigenvalue weighted by Crippen LogP contribution is 2.30. The Hall–Kier alpha value is -1.89. The van der Waals surface area contributed by atoms with Crippen LogP contribution >= 0.6 is 0 Å². The summed E-state index contributed by atoms with van der Waals surface area (Å²) in [6, 6.07) is 0.281. The minimum Gasteiger partial charge on any atom is -0.479 e. The molecule has 0 unspecified atom stereocenters. The molecule has 0 saturated carbocycles. The molecule has 1 aliphatic rings. The molecule has 3 rings (SSSR count). The molecule has 0 radical (unpaired) electrons. The van der Waals surface area contributed by atoms with Gasteiger partial charge in [0.15, 0.2) is 11.2 Å². The van der Waals surface area contributed by atoms with Gasteiger partial charge in [-0.2, -0.15) is 4.98 Å². The Labute approximate surface area is 104 Å². The first-order chi connectivity index (χ1) is 8.81. The average molecular weight is 249 g/mol. The number of nitrogens with zero attached hydrogens (tertiary/aromatic N) is 4. The zero-order chi connectivity index (χ0) is 12.5. The molecule has 96 valence electrons. The molecular weight excluding hydrogens is 234 g/mol. The van der Waals surface area contributed by atoms with Gasteiger partial charge < -0.3 is 15.2 Å². The maximum absolute atomic E-state index is 6.00. The van der Waals surface area contributed by atoms with Crippen molar-refractivity contribution in [3.8, 4) is 5.88 Å². The summed E-state index contributed by atoms with van der Waals surface area (Å²) in [5.74, 6) is 0.910. The fourth-order valence-corrected chi connectivity index (χ4v) is 2.36. The second-order valence-electron chi connectivity index (χ2n) is 4.24. The highest BCUT2D eigenvalue weighted by atomic mass is 16.5. The first kappa shape index (κ1) is 11.2. The normalized spacial score (nSPS) is 17.2. The Morgan fingerprint density at radius 2 is 2.17 bits per heavy atom. The van der Waals surface area contributed by atoms with Crippen molar-refractivity contribution in [1.29, 1.82) is 0 Å². The zero-order valence-corrected chi connectivity index (χ0v) is 10.2. The Morgan fingerprint density at radius 3 is 2.89 bits per heavy atom. The average Bonchev–Trinajstić information content (AvgIpc) is 2.75. The third-order valence-corrected chi connectivity index (χ3v) is 3.22. The predicted octanol–water partition coefficient (Wildman–Crippen LogP) is 0.769. The monoisotopic (exact) mass is 249 g/mol. The number of fused-ring (bicyclic) bond motifs is 1. The van der Waals surface area contributed by atoms with Crippen LogP contribution in [0.25, 0.3) is 11.2 Å². The first-order valence-corrected chi connectivity index (χ1v) is 5.91. The summed E-state index contributed by atoms with van der Waals surface area (Å²) in [5.41, 5.74) is 7.34. The molecule has 2 aromatic rings. The molecule has 1 saturated heterocycles. The number of rotatable bonds is 2. The van der Waals surface area contributed by atoms with Crippen LogP contribution < -0.4 is 10.5 Å². The van der Waals surface area contributed by atoms with Crippen molar-refractivity contribution in [1.82, 2.24) is 19.5 Å². The van der Waals surface area contributed by atoms with E-state index in [1.54, 1.807) is 7.11 Å². The van der Waals surface area contributed by atoms with Crippen LogP contribution in [0.1, 0.15) is 18.9 Å². The molecule has 0 atom stereocenters. The van der Waals surface area contributed by atoms with Crippen molar-refractivity contribution in [2.24, 2.45) is 0 Å². The number of imidazole rings is 1. The van der Waals surface area contributed by atoms with Crippen molar-refractivity contribution >= 4 is 17.1 Å². The van der Waals surface area contributed by atoms with Crippen molar-refractivity contribution < 1.29 is 9.47 Å². The van der Waals surface area contributed by atoms with Gasteiger partial charge in [0, 0.05) is 19.3 Å². The van der Waals surface area contributed by atoms with Crippen molar-refractivity contribution in [2.75, 3.05) is 26.1 Å². The van der Waals surface area contributed by atoms with E-state index in [4.69, 9.17) is 15.2 Å². The summed E-state index contributed by atoms with van der Waals surface area (Å²) in [6.45, 7) is 1.48. The van der Waals surface area contributed by atoms with E-state index in [0.29, 0.717) is 17.3 Å². The highest BCUT2D eigenvalue weighted by Gasteiger charge is 2.23. The first-order valence-electron chi connectivity index (χ1n) is 5.91. The number of methoxy groups -OCH3 is 1. The van der Waals surface area contributed by atoms with E-state index in [0.717, 1.165) is 31.7 Å². The van der Waals surface area contributed by atoms with Crippen molar-refractivity contribution in [3.05, 3.63) is 6.33 Å². The number of nitrogens with two attached hydrogens (primary N) is 1. The fraction of sp³-hybridized carbons (Fsp3) is 0.545. The lowest BCUT2D eigenvalue weighted by Crippen LogP contribution is -2.21. The maximum Gasteiger partial charge on any atom is 0.245 e. The van der Waals surface area contributed by atoms with Crippen molar-refractivity contribution in [3.63, 3.8) is 0 Å². The summed E-state index contributed by atoms with van der Waals surface area (Å²) >= 11 is 0. The highest BCUT2D eigenvalue weighted by molar-refractivity contribution is 5.79. The number of hydrogen-bond acceptors (Lipinski definition) is 6. The lowest BCUT2D eigenvalue weighted by atomic mass is 10.1. The lowest BCUT2D eigenvalue weighted by Gasteiger charge is -2.24. The van der Waals surface area contributed by atoms with Gasteiger partial charge in [-0.25, -0.2) is 9.97 Å². The van der Waals surface area contributed by atoms with Gasteiger partial charge >= 0.3 is 0 Å². The summed E-state index contributed by atoms with van der Waals surface area (Å²) in [5, 5.41) is 0. The van der Waals surface area contributed by atoms with E-state index in [2.05, 4.69) is 15.0 Å². The molecule has 3 heterocycles. The molecule has 2 aromatic heterocycles. The Morgan fingerprint density at radius 1 is 1.39 bits per heavy atom. The van der Waals surface area contributed by atoms with Crippen LogP contribution in [0.2, 0.25) is 0 Å². The molecule has 18 heavy (non-hydrogen) atoms. The third kappa shape index (κ3) is 1.67. The second-order valence-corrected chi connectivity index (χ2v) is 4.24. The van der Waals surface area contributed by atoms with Gasteiger partial charge in [0.2, 0.25) is 11.8 Å². The third-order valence-electron chi connectivity index (χ3n) is 3.22. The maximum atomic E-state index is 6.00. The van der Waals surface area contributed by atoms with Crippen LogP contribution in [-0.2, 0) is 4.74 Å². The summed E-state index contributed by atoms with van der Waals surface area (Å²) in [7, 11) is 1.56. The van der Waals surface area contributed by atoms with Gasteiger partial charge in [-0.1, -0.05) is 0 Å². The SMILES string of the molecule is COc1ncnc2c1nc(N)n2C1CCOCC1. The molecule has 0 bridgehead atoms. The molecule has 7 nitrogen and oxygen atoms in total. The standard InChI is InChI=1S/C11H15N5O2/c1-17-10-8-9(13-6-14-10)16(11(12)15-8)7-2-4-18-5-3-7/h6-7H,2-5H2,1H3,(H2,12,15). The van der Waals surface area contributed by atoms with Crippen LogP contribution in [0.3, 0.4) is 0 Å². The quantitative estimate of drug-likeness (QED) is 0.845. The number of anilines is 1. The molecule has 1 aliphatic heterocycles. The van der Waals surface area contributed by atoms with Crippen LogP contribution in [0, 0.1) is 0 Å². The van der Waals surface area contributed by atoms with Crippen LogP contribution in [0.4, 0.5) is 5.95 Å². The van der Waals surface area contributed by atoms with Crippen LogP contribution in [-0.4, -0.2) is 39.8 Å². The predicted molar refractivity (Wildman–Crippen MR) is 65.4 cm³/mol. The van der Waals surface area contributed by atoms with Gasteiger partial charge in [0.1, 0.15) is 6.33 Å². The van der Waals surface area contributed by atoms with E-state index in [1.807, 2.05) is 4.57 Å². The Balaban J connectivity index is 2.13. The number of nitrogen functional groups attached to an aromatic ring is 1. The van der Waals surface area contributed by atoms with Gasteiger partial charge in [-0.15, -0.1) is 0 Å². The topological polar surface area (TPSA) is 88.1 Å². The molecular formula is C11H15N5O2. The molecule has 0 aliphatic carbocycles. The largest absolute Gasteiger partial charge is 0.479 e. The number of ether oxygens (including phenoxy) is 2. The van der Waals surface area contributed by atoms with Crippen LogP contribution in [0.15, 0.2) is 6.33 Å². The molecule has 1 fully saturated rings. The van der Waals surface area contributed by atoms with Crippen LogP contribution in [0.5, 0.6) is 5.88 Å². The lowest BCUT2D eigenvalue weighted by molar-refractivity contribution is 0.0710. The van der Waals surface area contributed by atoms with Gasteiger partial charge in [0.05, 0.1) is 7.11 Å². The van der Waals surface area contributed by atoms with E-state index >= 15 is 0 Å². The van der Waals surface area contributed by atoms with E-state index in [1.165, 1.54) is 6.33 Å². The summed E-state index contributed by atoms with van der Waals surface area (Å²) in [6.07, 6.45) is 3.31. The summed E-state index contributed by atoms with van der Waals surface area (Å²) in [4.78, 5) is 12.6. The molecule has 7 heteroatoms. The molecule has 0 aromatic carbocycles. The smallest absolute Gasteiger partial charge is 0.245 e. The minimum atomic E-state index is 0.281. The van der Waals surface area contributed by atoms with E-state index in [-0.39, 0.29) is 6.04 Å². The number of aromatic nitrogens is 4. The van der Waals surface area contributed by atoms with E-state index < -0.39 is 0 Å². The molecule has 2 N–H and O–H groups in total. The van der Waals surface area contributed by atoms with Gasteiger partial charge in [-0.3, -0.25) is 4.57 Å². The minimum absolute atomic E-state index is 0.281. The Bertz CT molecular complexity index is 562. The molecule has 0 spiro atoms. The second kappa shape index (κ2) is 4.41. The van der Waals surface area contributed by atoms with Crippen molar-refractivity contribution in [2.45, 2.75) is 18.9 Å². The zero-order valence-electron chi connectivity index (χ0n) is 10.2. The number of hydrogen-bond donors (Lipinski definition) is 1. The fourth-order valence-electron chi connectivity index (χ4n) is 2.36. The van der Waals surface area contributed by atoms with Gasteiger partial charge in [-0.05, 0) is 12.8 Å². The van der Waals surface area contributed by atoms with E-state index in [9.17, 15) is 0 Å². The molecule has 0 amide bonds. The summed E-state index contributed by atoms with van der Waals surface area (Å²) < 4.78 is 12.5. The Kier molecular flexibility index (Phi) is 2.75.